The summed E-state index contributed by atoms with van der Waals surface area (Å²) in [7, 11) is 0. The number of rotatable bonds is 6. The van der Waals surface area contributed by atoms with E-state index in [-0.39, 0.29) is 18.2 Å². The average Bonchev–Trinajstić information content (AvgIpc) is 2.53. The molecule has 1 aromatic heterocycles. The lowest BCUT2D eigenvalue weighted by Gasteiger charge is -2.17. The molecule has 0 amide bonds. The summed E-state index contributed by atoms with van der Waals surface area (Å²) in [6.07, 6.45) is 0.662. The topological polar surface area (TPSA) is 68.9 Å². The fourth-order valence-corrected chi connectivity index (χ4v) is 2.26. The highest BCUT2D eigenvalue weighted by Crippen LogP contribution is 2.21. The largest absolute Gasteiger partial charge is 0.396 e. The summed E-state index contributed by atoms with van der Waals surface area (Å²) in [4.78, 5) is 4.15. The zero-order valence-electron chi connectivity index (χ0n) is 11.5. The van der Waals surface area contributed by atoms with Crippen LogP contribution in [0.2, 0.25) is 5.02 Å². The van der Waals surface area contributed by atoms with Gasteiger partial charge < -0.3 is 10.4 Å². The predicted molar refractivity (Wildman–Crippen MR) is 83.3 cm³/mol. The van der Waals surface area contributed by atoms with E-state index in [1.807, 2.05) is 36.4 Å². The van der Waals surface area contributed by atoms with E-state index >= 15 is 0 Å². The number of aromatic nitrogens is 1. The van der Waals surface area contributed by atoms with Crippen molar-refractivity contribution in [3.05, 3.63) is 58.7 Å². The number of aliphatic hydroxyl groups excluding tert-OH is 1. The minimum Gasteiger partial charge on any atom is -0.396 e. The van der Waals surface area contributed by atoms with E-state index in [1.165, 1.54) is 0 Å². The standard InChI is InChI=1S/C16H16ClN3O/c17-14-6-7-16(20-15(14)10-18)19-11-13(8-9-21)12-4-2-1-3-5-12/h1-7,13,21H,8-9,11H2,(H,19,20). The third kappa shape index (κ3) is 4.19. The molecular weight excluding hydrogens is 286 g/mol. The van der Waals surface area contributed by atoms with Gasteiger partial charge in [-0.3, -0.25) is 0 Å². The maximum atomic E-state index is 9.21. The maximum absolute atomic E-state index is 9.21. The molecule has 21 heavy (non-hydrogen) atoms. The first-order valence-electron chi connectivity index (χ1n) is 6.71. The molecule has 0 bridgehead atoms. The Bertz CT molecular complexity index is 625. The Balaban J connectivity index is 2.07. The van der Waals surface area contributed by atoms with Crippen LogP contribution in [0.1, 0.15) is 23.6 Å². The number of halogens is 1. The van der Waals surface area contributed by atoms with Gasteiger partial charge >= 0.3 is 0 Å². The van der Waals surface area contributed by atoms with Crippen LogP contribution in [-0.2, 0) is 0 Å². The summed E-state index contributed by atoms with van der Waals surface area (Å²) < 4.78 is 0. The normalized spacial score (nSPS) is 11.7. The first-order chi connectivity index (χ1) is 10.2. The summed E-state index contributed by atoms with van der Waals surface area (Å²) >= 11 is 5.86. The quantitative estimate of drug-likeness (QED) is 0.860. The lowest BCUT2D eigenvalue weighted by atomic mass is 9.96. The van der Waals surface area contributed by atoms with E-state index < -0.39 is 0 Å². The number of nitrogens with one attached hydrogen (secondary N) is 1. The van der Waals surface area contributed by atoms with Crippen LogP contribution in [0.3, 0.4) is 0 Å². The van der Waals surface area contributed by atoms with E-state index in [0.29, 0.717) is 23.8 Å². The van der Waals surface area contributed by atoms with Crippen molar-refractivity contribution in [1.82, 2.24) is 4.98 Å². The summed E-state index contributed by atoms with van der Waals surface area (Å²) in [6, 6.07) is 15.4. The van der Waals surface area contributed by atoms with Gasteiger partial charge in [0.05, 0.1) is 5.02 Å². The van der Waals surface area contributed by atoms with Crippen LogP contribution in [0.5, 0.6) is 0 Å². The van der Waals surface area contributed by atoms with E-state index in [2.05, 4.69) is 10.3 Å². The third-order valence-corrected chi connectivity index (χ3v) is 3.54. The number of aliphatic hydroxyl groups is 1. The third-order valence-electron chi connectivity index (χ3n) is 3.23. The molecule has 2 aromatic rings. The first-order valence-corrected chi connectivity index (χ1v) is 7.08. The SMILES string of the molecule is N#Cc1nc(NCC(CCO)c2ccccc2)ccc1Cl. The van der Waals surface area contributed by atoms with E-state index in [1.54, 1.807) is 12.1 Å². The summed E-state index contributed by atoms with van der Waals surface area (Å²) in [5.41, 5.74) is 1.37. The Morgan fingerprint density at radius 1 is 1.24 bits per heavy atom. The number of hydrogen-bond acceptors (Lipinski definition) is 4. The molecule has 2 N–H and O–H groups in total. The first kappa shape index (κ1) is 15.3. The number of nitrogens with zero attached hydrogens (tertiary/aromatic N) is 2. The Morgan fingerprint density at radius 3 is 2.67 bits per heavy atom. The summed E-state index contributed by atoms with van der Waals surface area (Å²) in [6.45, 7) is 0.753. The summed E-state index contributed by atoms with van der Waals surface area (Å²) in [5.74, 6) is 0.786. The van der Waals surface area contributed by atoms with Crippen molar-refractivity contribution in [2.24, 2.45) is 0 Å². The van der Waals surface area contributed by atoms with E-state index in [9.17, 15) is 5.11 Å². The van der Waals surface area contributed by atoms with Crippen molar-refractivity contribution < 1.29 is 5.11 Å². The molecule has 108 valence electrons. The van der Waals surface area contributed by atoms with Gasteiger partial charge in [0.25, 0.3) is 0 Å². The molecule has 0 fully saturated rings. The van der Waals surface area contributed by atoms with Crippen LogP contribution >= 0.6 is 11.6 Å². The maximum Gasteiger partial charge on any atom is 0.161 e. The zero-order valence-corrected chi connectivity index (χ0v) is 12.2. The minimum atomic E-state index is 0.124. The van der Waals surface area contributed by atoms with Gasteiger partial charge in [0.1, 0.15) is 11.9 Å². The minimum absolute atomic E-state index is 0.124. The zero-order chi connectivity index (χ0) is 15.1. The highest BCUT2D eigenvalue weighted by molar-refractivity contribution is 6.31. The second kappa shape index (κ2) is 7.63. The molecule has 1 heterocycles. The van der Waals surface area contributed by atoms with Gasteiger partial charge in [-0.1, -0.05) is 41.9 Å². The molecule has 1 unspecified atom stereocenters. The van der Waals surface area contributed by atoms with Crippen LogP contribution in [0.4, 0.5) is 5.82 Å². The van der Waals surface area contributed by atoms with Crippen molar-refractivity contribution in [3.63, 3.8) is 0 Å². The van der Waals surface area contributed by atoms with Gasteiger partial charge in [0, 0.05) is 19.1 Å². The van der Waals surface area contributed by atoms with Crippen LogP contribution < -0.4 is 5.32 Å². The van der Waals surface area contributed by atoms with Gasteiger partial charge in [-0.15, -0.1) is 0 Å². The molecule has 0 radical (unpaired) electrons. The molecule has 2 rings (SSSR count). The number of benzene rings is 1. The van der Waals surface area contributed by atoms with Crippen molar-refractivity contribution in [3.8, 4) is 6.07 Å². The molecule has 5 heteroatoms. The highest BCUT2D eigenvalue weighted by Gasteiger charge is 2.11. The Kier molecular flexibility index (Phi) is 5.56. The van der Waals surface area contributed by atoms with Crippen molar-refractivity contribution >= 4 is 17.4 Å². The molecule has 0 aliphatic heterocycles. The lowest BCUT2D eigenvalue weighted by Crippen LogP contribution is -2.15. The van der Waals surface area contributed by atoms with Crippen molar-refractivity contribution in [2.75, 3.05) is 18.5 Å². The number of hydrogen-bond donors (Lipinski definition) is 2. The van der Waals surface area contributed by atoms with Crippen LogP contribution in [0.25, 0.3) is 0 Å². The van der Waals surface area contributed by atoms with E-state index in [4.69, 9.17) is 16.9 Å². The monoisotopic (exact) mass is 301 g/mol. The Morgan fingerprint density at radius 2 is 2.00 bits per heavy atom. The van der Waals surface area contributed by atoms with Gasteiger partial charge in [0.2, 0.25) is 0 Å². The van der Waals surface area contributed by atoms with Crippen molar-refractivity contribution in [1.29, 1.82) is 5.26 Å². The van der Waals surface area contributed by atoms with E-state index in [0.717, 1.165) is 5.56 Å². The lowest BCUT2D eigenvalue weighted by molar-refractivity contribution is 0.277. The van der Waals surface area contributed by atoms with Crippen molar-refractivity contribution in [2.45, 2.75) is 12.3 Å². The molecule has 4 nitrogen and oxygen atoms in total. The predicted octanol–water partition coefficient (Wildman–Crippen LogP) is 3.18. The van der Waals surface area contributed by atoms with Crippen LogP contribution in [0, 0.1) is 11.3 Å². The van der Waals surface area contributed by atoms with Crippen LogP contribution in [-0.4, -0.2) is 23.2 Å². The van der Waals surface area contributed by atoms with Gasteiger partial charge in [0.15, 0.2) is 5.69 Å². The molecule has 0 saturated carbocycles. The Labute approximate surface area is 129 Å². The van der Waals surface area contributed by atoms with Gasteiger partial charge in [-0.05, 0) is 24.1 Å². The molecule has 0 aliphatic carbocycles. The number of nitriles is 1. The highest BCUT2D eigenvalue weighted by atomic mass is 35.5. The Hall–Kier alpha value is -2.09. The van der Waals surface area contributed by atoms with Gasteiger partial charge in [-0.25, -0.2) is 4.98 Å². The number of pyridine rings is 1. The molecule has 0 spiro atoms. The average molecular weight is 302 g/mol. The fraction of sp³-hybridized carbons (Fsp3) is 0.250. The fourth-order valence-electron chi connectivity index (χ4n) is 2.11. The molecule has 1 atom stereocenters. The second-order valence-corrected chi connectivity index (χ2v) is 5.05. The smallest absolute Gasteiger partial charge is 0.161 e. The molecular formula is C16H16ClN3O. The molecule has 0 saturated heterocycles. The summed E-state index contributed by atoms with van der Waals surface area (Å²) in [5, 5.41) is 21.7. The number of anilines is 1. The van der Waals surface area contributed by atoms with Gasteiger partial charge in [-0.2, -0.15) is 5.26 Å². The molecule has 0 aliphatic rings. The van der Waals surface area contributed by atoms with Crippen LogP contribution in [0.15, 0.2) is 42.5 Å². The molecule has 1 aromatic carbocycles. The second-order valence-electron chi connectivity index (χ2n) is 4.64.